The molecule has 3 unspecified atom stereocenters. The van der Waals surface area contributed by atoms with Crippen molar-refractivity contribution in [2.75, 3.05) is 25.4 Å². The molecule has 0 spiro atoms. The zero-order valence-electron chi connectivity index (χ0n) is 18.3. The van der Waals surface area contributed by atoms with Gasteiger partial charge in [0.05, 0.1) is 5.75 Å². The molecule has 0 bridgehead atoms. The predicted molar refractivity (Wildman–Crippen MR) is 119 cm³/mol. The number of carboxylic acids is 1. The number of hydrogen-bond acceptors (Lipinski definition) is 9. The van der Waals surface area contributed by atoms with Crippen molar-refractivity contribution in [2.24, 2.45) is 5.16 Å². The van der Waals surface area contributed by atoms with E-state index in [2.05, 4.69) is 31.1 Å². The lowest BCUT2D eigenvalue weighted by atomic mass is 10.1. The second-order valence-electron chi connectivity index (χ2n) is 7.72. The first kappa shape index (κ1) is 26.0. The van der Waals surface area contributed by atoms with Crippen LogP contribution in [0.2, 0.25) is 0 Å². The quantitative estimate of drug-likeness (QED) is 0.166. The third-order valence-electron chi connectivity index (χ3n) is 4.97. The molecule has 0 aromatic heterocycles. The van der Waals surface area contributed by atoms with E-state index in [-0.39, 0.29) is 30.4 Å². The summed E-state index contributed by atoms with van der Waals surface area (Å²) in [7, 11) is -3.74. The normalized spacial score (nSPS) is 21.3. The maximum Gasteiger partial charge on any atom is 0.323 e. The maximum absolute atomic E-state index is 12.3. The zero-order chi connectivity index (χ0) is 23.4. The molecule has 13 heteroatoms. The third kappa shape index (κ3) is 9.51. The summed E-state index contributed by atoms with van der Waals surface area (Å²) in [5, 5.41) is 25.2. The number of nitrogens with zero attached hydrogens (tertiary/aromatic N) is 1. The smallest absolute Gasteiger partial charge is 0.323 e. The van der Waals surface area contributed by atoms with Crippen LogP contribution in [0.4, 0.5) is 0 Å². The molecule has 3 atom stereocenters. The van der Waals surface area contributed by atoms with Crippen LogP contribution in [0.5, 0.6) is 0 Å². The Morgan fingerprint density at radius 3 is 2.84 bits per heavy atom. The van der Waals surface area contributed by atoms with Crippen LogP contribution in [-0.4, -0.2) is 74.9 Å². The second kappa shape index (κ2) is 13.4. The molecule has 12 nitrogen and oxygen atoms in total. The average Bonchev–Trinajstić information content (AvgIpc) is 3.24. The van der Waals surface area contributed by atoms with Crippen molar-refractivity contribution in [2.45, 2.75) is 63.9 Å². The lowest BCUT2D eigenvalue weighted by Gasteiger charge is -2.22. The lowest BCUT2D eigenvalue weighted by Crippen LogP contribution is -2.53. The molecule has 2 aliphatic rings. The van der Waals surface area contributed by atoms with Gasteiger partial charge in [-0.25, -0.2) is 8.42 Å². The number of aliphatic carboxylic acids is 1. The lowest BCUT2D eigenvalue weighted by molar-refractivity contribution is -0.138. The number of amides is 1. The number of hydrogen-bond donors (Lipinski definition) is 6. The van der Waals surface area contributed by atoms with E-state index in [0.29, 0.717) is 19.3 Å². The molecule has 0 radical (unpaired) electrons. The molecule has 0 fully saturated rings. The fourth-order valence-electron chi connectivity index (χ4n) is 3.15. The van der Waals surface area contributed by atoms with Crippen LogP contribution in [0.3, 0.4) is 0 Å². The SMILES string of the molecule is CCCCS(=O)(=O)NC(CNC(=O)C1=NOC(CCCCNC2NC=CCN2)C1)C(=O)O. The monoisotopic (exact) mass is 474 g/mol. The van der Waals surface area contributed by atoms with Crippen molar-refractivity contribution >= 4 is 27.6 Å². The Kier molecular flexibility index (Phi) is 10.9. The van der Waals surface area contributed by atoms with Crippen LogP contribution < -0.4 is 26.0 Å². The fraction of sp³-hybridized carbons (Fsp3) is 0.737. The summed E-state index contributed by atoms with van der Waals surface area (Å²) < 4.78 is 26.0. The molecule has 0 saturated carbocycles. The number of nitrogens with one attached hydrogen (secondary N) is 5. The minimum Gasteiger partial charge on any atom is -0.480 e. The van der Waals surface area contributed by atoms with E-state index >= 15 is 0 Å². The molecule has 0 aromatic carbocycles. The highest BCUT2D eigenvalue weighted by molar-refractivity contribution is 7.89. The van der Waals surface area contributed by atoms with Crippen molar-refractivity contribution in [3.8, 4) is 0 Å². The Bertz CT molecular complexity index is 787. The number of unbranched alkanes of at least 4 members (excludes halogenated alkanes) is 2. The number of oxime groups is 1. The highest BCUT2D eigenvalue weighted by Crippen LogP contribution is 2.16. The molecule has 2 heterocycles. The van der Waals surface area contributed by atoms with Crippen molar-refractivity contribution < 1.29 is 28.0 Å². The summed E-state index contributed by atoms with van der Waals surface area (Å²) in [5.74, 6) is -2.09. The van der Waals surface area contributed by atoms with Gasteiger partial charge < -0.3 is 20.6 Å². The predicted octanol–water partition coefficient (Wildman–Crippen LogP) is -0.830. The number of sulfonamides is 1. The van der Waals surface area contributed by atoms with Gasteiger partial charge in [0, 0.05) is 19.5 Å². The second-order valence-corrected chi connectivity index (χ2v) is 9.59. The van der Waals surface area contributed by atoms with E-state index in [1.165, 1.54) is 0 Å². The van der Waals surface area contributed by atoms with Crippen molar-refractivity contribution in [1.29, 1.82) is 0 Å². The van der Waals surface area contributed by atoms with Gasteiger partial charge in [-0.05, 0) is 38.4 Å². The van der Waals surface area contributed by atoms with Gasteiger partial charge >= 0.3 is 5.97 Å². The summed E-state index contributed by atoms with van der Waals surface area (Å²) in [4.78, 5) is 29.0. The van der Waals surface area contributed by atoms with E-state index in [0.717, 1.165) is 32.4 Å². The molecule has 2 rings (SSSR count). The molecule has 1 amide bonds. The Morgan fingerprint density at radius 1 is 1.34 bits per heavy atom. The largest absolute Gasteiger partial charge is 0.480 e. The standard InChI is InChI=1S/C19H34N6O6S/c1-2-3-11-32(29,30)25-16(18(27)28)13-23-17(26)15-12-14(31-24-15)7-4-5-8-20-19-21-9-6-10-22-19/h6,9,14,16,19-22,25H,2-5,7-8,10-13H2,1H3,(H,23,26)(H,27,28). The van der Waals surface area contributed by atoms with Gasteiger partial charge in [0.1, 0.15) is 24.1 Å². The van der Waals surface area contributed by atoms with Crippen LogP contribution in [0.25, 0.3) is 0 Å². The number of carbonyl (C=O) groups is 2. The van der Waals surface area contributed by atoms with Crippen LogP contribution in [0.15, 0.2) is 17.4 Å². The first-order chi connectivity index (χ1) is 15.3. The number of rotatable bonds is 15. The summed E-state index contributed by atoms with van der Waals surface area (Å²) >= 11 is 0. The first-order valence-corrected chi connectivity index (χ1v) is 12.6. The molecule has 6 N–H and O–H groups in total. The zero-order valence-corrected chi connectivity index (χ0v) is 19.1. The molecule has 182 valence electrons. The average molecular weight is 475 g/mol. The van der Waals surface area contributed by atoms with Gasteiger partial charge in [0.15, 0.2) is 0 Å². The molecular weight excluding hydrogens is 440 g/mol. The number of carboxylic acid groups (broad SMARTS) is 1. The van der Waals surface area contributed by atoms with Gasteiger partial charge in [0.25, 0.3) is 5.91 Å². The molecule has 0 saturated heterocycles. The van der Waals surface area contributed by atoms with Gasteiger partial charge in [-0.3, -0.25) is 20.2 Å². The molecule has 0 aliphatic carbocycles. The maximum atomic E-state index is 12.3. The molecular formula is C19H34N6O6S. The summed E-state index contributed by atoms with van der Waals surface area (Å²) in [5.41, 5.74) is 0.175. The molecule has 32 heavy (non-hydrogen) atoms. The Balaban J connectivity index is 1.64. The van der Waals surface area contributed by atoms with E-state index in [4.69, 9.17) is 4.84 Å². The van der Waals surface area contributed by atoms with Crippen LogP contribution in [-0.2, 0) is 24.4 Å². The Hall–Kier alpha value is -2.22. The van der Waals surface area contributed by atoms with Crippen molar-refractivity contribution in [1.82, 2.24) is 26.0 Å². The van der Waals surface area contributed by atoms with E-state index in [1.54, 1.807) is 0 Å². The van der Waals surface area contributed by atoms with Crippen LogP contribution in [0.1, 0.15) is 45.4 Å². The van der Waals surface area contributed by atoms with Gasteiger partial charge in [0.2, 0.25) is 10.0 Å². The van der Waals surface area contributed by atoms with E-state index in [1.807, 2.05) is 19.2 Å². The Labute approximate surface area is 188 Å². The van der Waals surface area contributed by atoms with Crippen molar-refractivity contribution in [3.05, 3.63) is 12.3 Å². The van der Waals surface area contributed by atoms with Crippen molar-refractivity contribution in [3.63, 3.8) is 0 Å². The summed E-state index contributed by atoms with van der Waals surface area (Å²) in [6.07, 6.45) is 7.75. The van der Waals surface area contributed by atoms with Crippen LogP contribution in [0, 0.1) is 0 Å². The summed E-state index contributed by atoms with van der Waals surface area (Å²) in [6.45, 7) is 3.10. The van der Waals surface area contributed by atoms with Gasteiger partial charge in [-0.1, -0.05) is 24.6 Å². The highest BCUT2D eigenvalue weighted by Gasteiger charge is 2.28. The fourth-order valence-corrected chi connectivity index (χ4v) is 4.55. The van der Waals surface area contributed by atoms with Crippen LogP contribution >= 0.6 is 0 Å². The van der Waals surface area contributed by atoms with E-state index < -0.39 is 27.9 Å². The molecule has 2 aliphatic heterocycles. The van der Waals surface area contributed by atoms with Gasteiger partial charge in [-0.2, -0.15) is 4.72 Å². The topological polar surface area (TPSA) is 170 Å². The van der Waals surface area contributed by atoms with E-state index in [9.17, 15) is 23.1 Å². The summed E-state index contributed by atoms with van der Waals surface area (Å²) in [6, 6.07) is -1.45. The minimum absolute atomic E-state index is 0.0621. The third-order valence-corrected chi connectivity index (χ3v) is 6.44. The highest BCUT2D eigenvalue weighted by atomic mass is 32.2. The first-order valence-electron chi connectivity index (χ1n) is 10.9. The number of carbonyl (C=O) groups excluding carboxylic acids is 1. The Morgan fingerprint density at radius 2 is 2.16 bits per heavy atom. The van der Waals surface area contributed by atoms with Gasteiger partial charge in [-0.15, -0.1) is 0 Å². The minimum atomic E-state index is -3.74. The molecule has 0 aromatic rings.